The number of nitrogens with one attached hydrogen (secondary N) is 1. The van der Waals surface area contributed by atoms with E-state index in [0.29, 0.717) is 39.3 Å². The Hall–Kier alpha value is -5.94. The smallest absolute Gasteiger partial charge is 0.472 e. The number of aryl methyl sites for hydroxylation is 2. The monoisotopic (exact) mass is 1350 g/mol. The van der Waals surface area contributed by atoms with Crippen LogP contribution in [-0.2, 0) is 68.7 Å². The molecule has 7 heterocycles. The molecule has 8 rings (SSSR count). The van der Waals surface area contributed by atoms with Crippen LogP contribution in [0.15, 0.2) is 52.8 Å². The van der Waals surface area contributed by atoms with Crippen molar-refractivity contribution < 1.29 is 83.8 Å². The topological polar surface area (TPSA) is 467 Å². The van der Waals surface area contributed by atoms with E-state index in [1.54, 1.807) is 4.57 Å². The second-order valence-electron chi connectivity index (χ2n) is 27.5. The summed E-state index contributed by atoms with van der Waals surface area (Å²) < 4.78 is 32.3. The average Bonchev–Trinajstić information content (AvgIpc) is 1.53. The number of aromatic nitrogens is 2. The summed E-state index contributed by atoms with van der Waals surface area (Å²) >= 11 is 0. The molecular formula is C63H95CoN13O14P-5. The van der Waals surface area contributed by atoms with Crippen molar-refractivity contribution in [2.75, 3.05) is 13.2 Å². The predicted molar refractivity (Wildman–Crippen MR) is 339 cm³/mol. The van der Waals surface area contributed by atoms with Gasteiger partial charge in [0, 0.05) is 68.3 Å². The number of fused-ring (bicyclic) bond motifs is 10. The van der Waals surface area contributed by atoms with Crippen molar-refractivity contribution >= 4 is 60.2 Å². The number of imidazole rings is 1. The predicted octanol–water partition coefficient (Wildman–Crippen LogP) is 5.30. The van der Waals surface area contributed by atoms with E-state index in [2.05, 4.69) is 10.3 Å². The molecule has 18 atom stereocenters. The fourth-order valence-electron chi connectivity index (χ4n) is 16.1. The molecule has 29 heteroatoms. The molecule has 27 nitrogen and oxygen atoms in total. The zero-order valence-corrected chi connectivity index (χ0v) is 56.7. The van der Waals surface area contributed by atoms with Crippen molar-refractivity contribution in [1.29, 1.82) is 0 Å². The molecule has 1 radical (unpaired) electrons. The molecule has 0 spiro atoms. The van der Waals surface area contributed by atoms with Crippen LogP contribution in [0.4, 0.5) is 0 Å². The number of rotatable bonds is 26. The molecule has 5 unspecified atom stereocenters. The number of carbonyl (C=O) groups is 7. The SMILES string of the molecule is C/C1=C2/[N-]C([C@H](CC(N)=O)[C@@]2(C)CCC(=O)NC[C@@H](C)OP(=O)(O)O[C@H]2[C@@H](O)[C@@H](n3cnc4cc(C)c(C)cc43)O[C@@H]2CO)[C@]2(C)[N-]C(/C(C)=C3\[N-]C(/C=C4\[N-]C1[C@@H](CCC(N)=O)C4(C)C)[C@@H](CCC(N)=O)[C@]3(C)CC(N)=O)[C@@H](CCC(N)=O)[C@]2(C)CC(N)=O.[CH3-].[Co]. The molecule has 5 fully saturated rings. The van der Waals surface area contributed by atoms with Gasteiger partial charge in [-0.2, -0.15) is 17.1 Å². The number of hydrogen-bond donors (Lipinski definition) is 10. The third-order valence-corrected chi connectivity index (χ3v) is 22.3. The molecule has 0 saturated carbocycles. The summed E-state index contributed by atoms with van der Waals surface area (Å²) in [5, 5.41) is 46.9. The Kier molecular flexibility index (Phi) is 23.0. The largest absolute Gasteiger partial charge is 0.685 e. The van der Waals surface area contributed by atoms with Crippen LogP contribution in [0.2, 0.25) is 0 Å². The molecule has 515 valence electrons. The van der Waals surface area contributed by atoms with E-state index < -0.39 is 161 Å². The summed E-state index contributed by atoms with van der Waals surface area (Å²) in [5.41, 5.74) is 36.2. The van der Waals surface area contributed by atoms with Crippen LogP contribution >= 0.6 is 7.82 Å². The number of phosphoric ester groups is 1. The maximum absolute atomic E-state index is 14.4. The fraction of sp³-hybridized carbons (Fsp3) is 0.667. The van der Waals surface area contributed by atoms with E-state index >= 15 is 0 Å². The van der Waals surface area contributed by atoms with Crippen LogP contribution < -0.4 is 39.7 Å². The van der Waals surface area contributed by atoms with Gasteiger partial charge < -0.3 is 92.8 Å². The summed E-state index contributed by atoms with van der Waals surface area (Å²) in [7, 11) is -5.06. The number of hydrogen-bond acceptors (Lipinski definition) is 14. The number of nitrogens with two attached hydrogens (primary N) is 6. The molecule has 1 aromatic heterocycles. The molecule has 7 amide bonds. The molecule has 5 saturated heterocycles. The molecule has 0 aliphatic carbocycles. The molecular weight excluding hydrogens is 1250 g/mol. The van der Waals surface area contributed by atoms with Gasteiger partial charge in [0.1, 0.15) is 18.3 Å². The van der Waals surface area contributed by atoms with Crippen LogP contribution in [0.1, 0.15) is 150 Å². The molecule has 2 aromatic rings. The van der Waals surface area contributed by atoms with Crippen molar-refractivity contribution in [3.63, 3.8) is 0 Å². The Morgan fingerprint density at radius 3 is 1.89 bits per heavy atom. The number of nitrogens with zero attached hydrogens (tertiary/aromatic N) is 6. The first-order valence-corrected chi connectivity index (χ1v) is 32.4. The molecule has 6 aliphatic rings. The first-order chi connectivity index (χ1) is 41.8. The van der Waals surface area contributed by atoms with E-state index in [0.717, 1.165) is 11.1 Å². The summed E-state index contributed by atoms with van der Waals surface area (Å²) in [5.74, 6) is -6.86. The quantitative estimate of drug-likeness (QED) is 0.0422. The Morgan fingerprint density at radius 1 is 0.750 bits per heavy atom. The minimum Gasteiger partial charge on any atom is -0.685 e. The van der Waals surface area contributed by atoms with Gasteiger partial charge in [-0.3, -0.25) is 42.6 Å². The number of phosphoric acid groups is 1. The Balaban J connectivity index is 0.00000672. The number of allylic oxidation sites excluding steroid dienone is 3. The Bertz CT molecular complexity index is 3340. The normalized spacial score (nSPS) is 35.9. The van der Waals surface area contributed by atoms with E-state index in [1.165, 1.54) is 13.3 Å². The van der Waals surface area contributed by atoms with Crippen LogP contribution in [-0.4, -0.2) is 133 Å². The number of amides is 7. The van der Waals surface area contributed by atoms with Gasteiger partial charge in [0.15, 0.2) is 6.23 Å². The van der Waals surface area contributed by atoms with Gasteiger partial charge in [0.2, 0.25) is 41.4 Å². The van der Waals surface area contributed by atoms with Crippen molar-refractivity contribution in [3.05, 3.63) is 92.6 Å². The van der Waals surface area contributed by atoms with Crippen molar-refractivity contribution in [2.45, 2.75) is 207 Å². The fourth-order valence-corrected chi connectivity index (χ4v) is 17.3. The summed E-state index contributed by atoms with van der Waals surface area (Å²) in [6.07, 6.45) is -3.96. The first kappa shape index (κ1) is 75.1. The Labute approximate surface area is 549 Å². The van der Waals surface area contributed by atoms with Crippen LogP contribution in [0.5, 0.6) is 0 Å². The standard InChI is InChI=1S/C62H92N13O14P.CH3.Co/c1-29-20-39-40(21-30(29)2)75(28-70-39)57-52(84)53(41(27-76)87-57)89-90(85,86)88-31(3)26-69-49(83)18-19-59(8)37(22-46(66)80)56-62(11)61(10,25-48(68)82)36(14-17-45(65)79)51(74-62)33(5)55-60(9,24-47(67)81)34(12-15-43(63)77)38(71-55)23-42-58(6,7)35(13-16-44(64)78)50(72-42)32(4)54(59)73-56;;/h20-21,23,28,31,34-38,41,50-53,56-57,76,84H,12-19,22,24-27H2,1-11H3,(H2,63,77)(H2,64,78)(H2,65,79)(H2,66,80)(H2,67,81)(H2,68,82)(H,69,83)(H,85,86);1H3;/q-4;-1;/b42-23-,54-32-,55-33-;;/t31-,34-,35-,36-,37+,38?,41-,50?,51?,52-,53-,56?,57+,59-,60+,61+,62+;;/m1../s1. The van der Waals surface area contributed by atoms with E-state index in [4.69, 9.17) is 69.5 Å². The van der Waals surface area contributed by atoms with Crippen molar-refractivity contribution in [1.82, 2.24) is 14.9 Å². The van der Waals surface area contributed by atoms with Gasteiger partial charge >= 0.3 is 7.82 Å². The third kappa shape index (κ3) is 14.3. The minimum absolute atomic E-state index is 0. The summed E-state index contributed by atoms with van der Waals surface area (Å²) in [4.78, 5) is 109. The van der Waals surface area contributed by atoms with E-state index in [-0.39, 0.29) is 101 Å². The number of benzene rings is 1. The number of carbonyl (C=O) groups excluding carboxylic acids is 7. The van der Waals surface area contributed by atoms with Gasteiger partial charge in [-0.25, -0.2) is 9.55 Å². The third-order valence-electron chi connectivity index (χ3n) is 21.2. The number of aliphatic hydroxyl groups excluding tert-OH is 2. The summed E-state index contributed by atoms with van der Waals surface area (Å²) in [6.45, 7) is 19.5. The molecule has 1 aromatic carbocycles. The zero-order chi connectivity index (χ0) is 66.7. The van der Waals surface area contributed by atoms with E-state index in [1.807, 2.05) is 87.4 Å². The Morgan fingerprint density at radius 2 is 1.32 bits per heavy atom. The van der Waals surface area contributed by atoms with Gasteiger partial charge in [-0.15, -0.1) is 34.8 Å². The van der Waals surface area contributed by atoms with Gasteiger partial charge in [0.05, 0.1) is 30.1 Å². The second kappa shape index (κ2) is 28.2. The molecule has 8 bridgehead atoms. The summed E-state index contributed by atoms with van der Waals surface area (Å²) in [6, 6.07) is 0.417. The van der Waals surface area contributed by atoms with Gasteiger partial charge in [-0.05, 0) is 129 Å². The maximum atomic E-state index is 14.4. The number of primary amides is 6. The molecule has 16 N–H and O–H groups in total. The maximum Gasteiger partial charge on any atom is 0.472 e. The van der Waals surface area contributed by atoms with Crippen molar-refractivity contribution in [3.8, 4) is 0 Å². The van der Waals surface area contributed by atoms with Crippen LogP contribution in [0.25, 0.3) is 32.3 Å². The van der Waals surface area contributed by atoms with Crippen LogP contribution in [0, 0.1) is 66.6 Å². The second-order valence-corrected chi connectivity index (χ2v) is 28.9. The van der Waals surface area contributed by atoms with E-state index in [9.17, 15) is 53.2 Å². The minimum atomic E-state index is -5.06. The van der Waals surface area contributed by atoms with Crippen molar-refractivity contribution in [2.24, 2.45) is 79.7 Å². The van der Waals surface area contributed by atoms with Gasteiger partial charge in [0.25, 0.3) is 0 Å². The number of ether oxygens (including phenoxy) is 1. The first-order valence-electron chi connectivity index (χ1n) is 30.9. The average molecular weight is 1350 g/mol. The number of aliphatic hydroxyl groups is 2. The molecule has 92 heavy (non-hydrogen) atoms. The molecule has 6 aliphatic heterocycles. The van der Waals surface area contributed by atoms with Gasteiger partial charge in [-0.1, -0.05) is 53.6 Å². The zero-order valence-electron chi connectivity index (χ0n) is 54.8. The van der Waals surface area contributed by atoms with Crippen LogP contribution in [0.3, 0.4) is 0 Å².